The zero-order valence-electron chi connectivity index (χ0n) is 19.0. The fraction of sp³-hybridized carbons (Fsp3) is 0.682. The molecule has 29 heavy (non-hydrogen) atoms. The molecule has 0 spiro atoms. The van der Waals surface area contributed by atoms with E-state index in [0.717, 1.165) is 51.9 Å². The Morgan fingerprint density at radius 2 is 1.79 bits per heavy atom. The predicted octanol–water partition coefficient (Wildman–Crippen LogP) is 2.88. The largest absolute Gasteiger partial charge is 0.379 e. The molecule has 0 saturated carbocycles. The van der Waals surface area contributed by atoms with Gasteiger partial charge in [-0.15, -0.1) is 24.0 Å². The van der Waals surface area contributed by atoms with Crippen LogP contribution in [0.15, 0.2) is 29.3 Å². The zero-order chi connectivity index (χ0) is 20.6. The summed E-state index contributed by atoms with van der Waals surface area (Å²) in [6.45, 7) is 14.7. The molecule has 0 amide bonds. The van der Waals surface area contributed by atoms with Crippen molar-refractivity contribution >= 4 is 29.9 Å². The van der Waals surface area contributed by atoms with Gasteiger partial charge in [-0.3, -0.25) is 9.89 Å². The number of morpholine rings is 1. The van der Waals surface area contributed by atoms with E-state index in [1.165, 1.54) is 11.1 Å². The van der Waals surface area contributed by atoms with Crippen molar-refractivity contribution in [1.82, 2.24) is 20.4 Å². The minimum Gasteiger partial charge on any atom is -0.379 e. The molecule has 1 atom stereocenters. The standard InChI is InChI=1S/C22H39N5O.HI/c1-7-23-21(25-17-22(3,4)27-12-14-28-15-13-27)24-16-20(26(5)6)19-10-8-18(2)9-11-19;/h8-11,20H,7,12-17H2,1-6H3,(H2,23,24,25);1H. The highest BCUT2D eigenvalue weighted by molar-refractivity contribution is 14.0. The maximum absolute atomic E-state index is 5.49. The Morgan fingerprint density at radius 1 is 1.17 bits per heavy atom. The van der Waals surface area contributed by atoms with Gasteiger partial charge >= 0.3 is 0 Å². The van der Waals surface area contributed by atoms with Crippen LogP contribution in [-0.2, 0) is 4.74 Å². The van der Waals surface area contributed by atoms with Gasteiger partial charge in [-0.05, 0) is 47.4 Å². The van der Waals surface area contributed by atoms with Crippen molar-refractivity contribution < 1.29 is 4.74 Å². The topological polar surface area (TPSA) is 52.1 Å². The van der Waals surface area contributed by atoms with Crippen molar-refractivity contribution in [3.05, 3.63) is 35.4 Å². The summed E-state index contributed by atoms with van der Waals surface area (Å²) in [5, 5.41) is 6.93. The number of rotatable bonds is 8. The van der Waals surface area contributed by atoms with Gasteiger partial charge in [0, 0.05) is 31.7 Å². The van der Waals surface area contributed by atoms with Crippen LogP contribution < -0.4 is 10.6 Å². The van der Waals surface area contributed by atoms with E-state index in [2.05, 4.69) is 86.5 Å². The predicted molar refractivity (Wildman–Crippen MR) is 133 cm³/mol. The number of halogens is 1. The molecule has 1 aromatic rings. The number of hydrogen-bond acceptors (Lipinski definition) is 4. The molecule has 0 aliphatic carbocycles. The third-order valence-corrected chi connectivity index (χ3v) is 5.38. The molecule has 1 saturated heterocycles. The fourth-order valence-corrected chi connectivity index (χ4v) is 3.46. The summed E-state index contributed by atoms with van der Waals surface area (Å²) in [4.78, 5) is 9.61. The Hall–Kier alpha value is -0.900. The number of nitrogens with zero attached hydrogens (tertiary/aromatic N) is 3. The van der Waals surface area contributed by atoms with Gasteiger partial charge in [0.25, 0.3) is 0 Å². The van der Waals surface area contributed by atoms with E-state index in [9.17, 15) is 0 Å². The van der Waals surface area contributed by atoms with Crippen LogP contribution in [0.1, 0.15) is 37.9 Å². The molecule has 7 heteroatoms. The zero-order valence-corrected chi connectivity index (χ0v) is 21.3. The Kier molecular flexibility index (Phi) is 11.5. The Morgan fingerprint density at radius 3 is 2.34 bits per heavy atom. The van der Waals surface area contributed by atoms with Crippen LogP contribution >= 0.6 is 24.0 Å². The number of benzene rings is 1. The maximum Gasteiger partial charge on any atom is 0.191 e. The van der Waals surface area contributed by atoms with Crippen LogP contribution in [-0.4, -0.2) is 81.3 Å². The molecule has 1 aromatic carbocycles. The van der Waals surface area contributed by atoms with Gasteiger partial charge < -0.3 is 20.3 Å². The number of nitrogens with one attached hydrogen (secondary N) is 2. The molecular formula is C22H40IN5O. The molecule has 1 fully saturated rings. The van der Waals surface area contributed by atoms with Crippen LogP contribution in [0.3, 0.4) is 0 Å². The van der Waals surface area contributed by atoms with E-state index in [4.69, 9.17) is 9.73 Å². The number of ether oxygens (including phenoxy) is 1. The van der Waals surface area contributed by atoms with E-state index in [1.807, 2.05) is 0 Å². The molecule has 2 N–H and O–H groups in total. The van der Waals surface area contributed by atoms with Gasteiger partial charge in [0.15, 0.2) is 5.96 Å². The molecular weight excluding hydrogens is 477 g/mol. The molecule has 1 aliphatic heterocycles. The van der Waals surface area contributed by atoms with E-state index < -0.39 is 0 Å². The molecule has 1 heterocycles. The lowest BCUT2D eigenvalue weighted by atomic mass is 10.0. The van der Waals surface area contributed by atoms with Crippen LogP contribution in [0.2, 0.25) is 0 Å². The van der Waals surface area contributed by atoms with Crippen molar-refractivity contribution in [3.63, 3.8) is 0 Å². The van der Waals surface area contributed by atoms with Crippen molar-refractivity contribution in [2.75, 3.05) is 60.0 Å². The van der Waals surface area contributed by atoms with Crippen LogP contribution in [0.25, 0.3) is 0 Å². The lowest BCUT2D eigenvalue weighted by Gasteiger charge is -2.40. The van der Waals surface area contributed by atoms with Crippen LogP contribution in [0.5, 0.6) is 0 Å². The highest BCUT2D eigenvalue weighted by atomic mass is 127. The first-order chi connectivity index (χ1) is 13.3. The summed E-state index contributed by atoms with van der Waals surface area (Å²) in [6.07, 6.45) is 0. The highest BCUT2D eigenvalue weighted by Gasteiger charge is 2.28. The van der Waals surface area contributed by atoms with Gasteiger partial charge in [0.1, 0.15) is 0 Å². The Labute approximate surface area is 194 Å². The normalized spacial score (nSPS) is 17.0. The van der Waals surface area contributed by atoms with Gasteiger partial charge in [-0.25, -0.2) is 0 Å². The third-order valence-electron chi connectivity index (χ3n) is 5.38. The molecule has 0 bridgehead atoms. The van der Waals surface area contributed by atoms with Gasteiger partial charge in [0.2, 0.25) is 0 Å². The summed E-state index contributed by atoms with van der Waals surface area (Å²) in [7, 11) is 4.25. The van der Waals surface area contributed by atoms with E-state index in [-0.39, 0.29) is 35.6 Å². The summed E-state index contributed by atoms with van der Waals surface area (Å²) in [6, 6.07) is 9.07. The number of hydrogen-bond donors (Lipinski definition) is 2. The monoisotopic (exact) mass is 517 g/mol. The van der Waals surface area contributed by atoms with Crippen molar-refractivity contribution in [2.24, 2.45) is 4.99 Å². The van der Waals surface area contributed by atoms with Crippen molar-refractivity contribution in [2.45, 2.75) is 39.3 Å². The number of aryl methyl sites for hydroxylation is 1. The average molecular weight is 518 g/mol. The highest BCUT2D eigenvalue weighted by Crippen LogP contribution is 2.18. The first-order valence-electron chi connectivity index (χ1n) is 10.4. The number of guanidine groups is 1. The summed E-state index contributed by atoms with van der Waals surface area (Å²) in [5.74, 6) is 0.878. The van der Waals surface area contributed by atoms with E-state index >= 15 is 0 Å². The Bertz CT molecular complexity index is 612. The maximum atomic E-state index is 5.49. The lowest BCUT2D eigenvalue weighted by Crippen LogP contribution is -2.52. The molecule has 0 radical (unpaired) electrons. The lowest BCUT2D eigenvalue weighted by molar-refractivity contribution is -0.00684. The second-order valence-electron chi connectivity index (χ2n) is 8.38. The first-order valence-corrected chi connectivity index (χ1v) is 10.4. The van der Waals surface area contributed by atoms with Crippen LogP contribution in [0, 0.1) is 6.92 Å². The van der Waals surface area contributed by atoms with Gasteiger partial charge in [0.05, 0.1) is 25.8 Å². The molecule has 6 nitrogen and oxygen atoms in total. The summed E-state index contributed by atoms with van der Waals surface area (Å²) >= 11 is 0. The first kappa shape index (κ1) is 26.1. The quantitative estimate of drug-likeness (QED) is 0.316. The van der Waals surface area contributed by atoms with Gasteiger partial charge in [-0.1, -0.05) is 29.8 Å². The number of likely N-dealkylation sites (N-methyl/N-ethyl adjacent to an activating group) is 1. The third kappa shape index (κ3) is 8.39. The van der Waals surface area contributed by atoms with E-state index in [1.54, 1.807) is 0 Å². The fourth-order valence-electron chi connectivity index (χ4n) is 3.46. The molecule has 1 aliphatic rings. The van der Waals surface area contributed by atoms with Crippen LogP contribution in [0.4, 0.5) is 0 Å². The van der Waals surface area contributed by atoms with Gasteiger partial charge in [-0.2, -0.15) is 0 Å². The SMILES string of the molecule is CCNC(=NCC(C)(C)N1CCOCC1)NCC(c1ccc(C)cc1)N(C)C.I. The summed E-state index contributed by atoms with van der Waals surface area (Å²) in [5.41, 5.74) is 2.62. The Balaban J connectivity index is 0.00000420. The molecule has 1 unspecified atom stereocenters. The molecule has 2 rings (SSSR count). The average Bonchev–Trinajstić information content (AvgIpc) is 2.68. The van der Waals surface area contributed by atoms with E-state index in [0.29, 0.717) is 0 Å². The number of aliphatic imine (C=N–C) groups is 1. The minimum absolute atomic E-state index is 0. The van der Waals surface area contributed by atoms with Crippen molar-refractivity contribution in [1.29, 1.82) is 0 Å². The van der Waals surface area contributed by atoms with Crippen molar-refractivity contribution in [3.8, 4) is 0 Å². The summed E-state index contributed by atoms with van der Waals surface area (Å²) < 4.78 is 5.49. The second kappa shape index (κ2) is 12.7. The molecule has 0 aromatic heterocycles. The smallest absolute Gasteiger partial charge is 0.191 e. The minimum atomic E-state index is 0. The second-order valence-corrected chi connectivity index (χ2v) is 8.38. The molecule has 166 valence electrons.